The molecule has 2 aromatic heterocycles. The van der Waals surface area contributed by atoms with Crippen LogP contribution in [0.5, 0.6) is 0 Å². The van der Waals surface area contributed by atoms with E-state index in [9.17, 15) is 12.8 Å². The number of rotatable bonds is 5. The molecule has 0 saturated carbocycles. The summed E-state index contributed by atoms with van der Waals surface area (Å²) in [7, 11) is 1.68. The van der Waals surface area contributed by atoms with Crippen molar-refractivity contribution in [3.8, 4) is 11.1 Å². The van der Waals surface area contributed by atoms with Crippen molar-refractivity contribution >= 4 is 16.0 Å². The lowest BCUT2D eigenvalue weighted by Gasteiger charge is -2.32. The van der Waals surface area contributed by atoms with Gasteiger partial charge in [-0.3, -0.25) is 0 Å². The average molecular weight is 445 g/mol. The normalized spacial score (nSPS) is 17.6. The minimum absolute atomic E-state index is 0.0293. The maximum atomic E-state index is 14.6. The quantitative estimate of drug-likeness (QED) is 0.602. The maximum Gasteiger partial charge on any atom is 0.262 e. The fraction of sp³-hybridized carbons (Fsp3) is 0.381. The number of piperidine rings is 1. The Morgan fingerprint density at radius 3 is 2.61 bits per heavy atom. The third-order valence-electron chi connectivity index (χ3n) is 5.43. The Labute approximate surface area is 181 Å². The number of hydrogen-bond acceptors (Lipinski definition) is 6. The lowest BCUT2D eigenvalue weighted by atomic mass is 9.90. The summed E-state index contributed by atoms with van der Waals surface area (Å²) in [4.78, 5) is 14.9. The Balaban J connectivity index is 1.74. The summed E-state index contributed by atoms with van der Waals surface area (Å²) in [5, 5.41) is 0.0293. The van der Waals surface area contributed by atoms with E-state index < -0.39 is 10.0 Å². The van der Waals surface area contributed by atoms with Crippen LogP contribution in [0.1, 0.15) is 24.5 Å². The zero-order chi connectivity index (χ0) is 22.2. The number of anilines is 1. The Bertz CT molecular complexity index is 1190. The van der Waals surface area contributed by atoms with E-state index in [-0.39, 0.29) is 23.3 Å². The predicted molar refractivity (Wildman–Crippen MR) is 116 cm³/mol. The molecule has 0 aliphatic carbocycles. The second-order valence-electron chi connectivity index (χ2n) is 7.92. The number of nitrogens with zero attached hydrogens (tertiary/aromatic N) is 6. The van der Waals surface area contributed by atoms with Crippen LogP contribution < -0.4 is 4.90 Å². The molecule has 0 bridgehead atoms. The molecule has 0 amide bonds. The Morgan fingerprint density at radius 2 is 1.94 bits per heavy atom. The van der Waals surface area contributed by atoms with Crippen LogP contribution in [0.4, 0.5) is 10.3 Å². The monoisotopic (exact) mass is 444 g/mol. The van der Waals surface area contributed by atoms with Gasteiger partial charge >= 0.3 is 0 Å². The fourth-order valence-electron chi connectivity index (χ4n) is 3.84. The Kier molecular flexibility index (Phi) is 5.76. The van der Waals surface area contributed by atoms with E-state index in [4.69, 9.17) is 4.98 Å². The molecule has 1 fully saturated rings. The zero-order valence-electron chi connectivity index (χ0n) is 17.7. The van der Waals surface area contributed by atoms with Gasteiger partial charge < -0.3 is 9.47 Å². The van der Waals surface area contributed by atoms with Crippen molar-refractivity contribution in [2.24, 2.45) is 7.05 Å². The minimum atomic E-state index is -3.72. The summed E-state index contributed by atoms with van der Waals surface area (Å²) in [6.45, 7) is 0.667. The average Bonchev–Trinajstić information content (AvgIpc) is 3.21. The summed E-state index contributed by atoms with van der Waals surface area (Å²) in [6.07, 6.45) is 6.02. The highest BCUT2D eigenvalue weighted by Gasteiger charge is 2.34. The zero-order valence-corrected chi connectivity index (χ0v) is 18.5. The molecule has 4 rings (SSSR count). The van der Waals surface area contributed by atoms with Crippen molar-refractivity contribution in [1.29, 1.82) is 0 Å². The van der Waals surface area contributed by atoms with Crippen LogP contribution in [0, 0.1) is 5.82 Å². The molecule has 0 spiro atoms. The van der Waals surface area contributed by atoms with Gasteiger partial charge in [0.15, 0.2) is 5.03 Å². The van der Waals surface area contributed by atoms with E-state index in [0.29, 0.717) is 35.7 Å². The smallest absolute Gasteiger partial charge is 0.262 e. The lowest BCUT2D eigenvalue weighted by molar-refractivity contribution is 0.312. The number of aryl methyl sites for hydroxylation is 1. The van der Waals surface area contributed by atoms with Crippen LogP contribution in [0.25, 0.3) is 11.1 Å². The summed E-state index contributed by atoms with van der Waals surface area (Å²) >= 11 is 0. The van der Waals surface area contributed by atoms with Gasteiger partial charge in [-0.1, -0.05) is 18.2 Å². The highest BCUT2D eigenvalue weighted by atomic mass is 32.2. The van der Waals surface area contributed by atoms with Crippen LogP contribution in [-0.4, -0.2) is 59.4 Å². The number of aromatic nitrogens is 4. The van der Waals surface area contributed by atoms with Crippen LogP contribution >= 0.6 is 0 Å². The molecule has 10 heteroatoms. The Hall–Kier alpha value is -2.85. The Morgan fingerprint density at radius 1 is 1.16 bits per heavy atom. The second-order valence-corrected chi connectivity index (χ2v) is 9.81. The first-order chi connectivity index (χ1) is 14.8. The molecule has 1 aliphatic heterocycles. The first kappa shape index (κ1) is 21.4. The van der Waals surface area contributed by atoms with E-state index in [2.05, 4.69) is 9.97 Å². The molecule has 1 aromatic carbocycles. The molecule has 31 heavy (non-hydrogen) atoms. The summed E-state index contributed by atoms with van der Waals surface area (Å²) in [6, 6.07) is 6.49. The van der Waals surface area contributed by atoms with Crippen LogP contribution in [0.3, 0.4) is 0 Å². The summed E-state index contributed by atoms with van der Waals surface area (Å²) in [5.41, 5.74) is 1.66. The number of sulfonamides is 1. The molecule has 3 aromatic rings. The minimum Gasteiger partial charge on any atom is -0.347 e. The summed E-state index contributed by atoms with van der Waals surface area (Å²) < 4.78 is 43.9. The van der Waals surface area contributed by atoms with Crippen LogP contribution in [0.2, 0.25) is 0 Å². The van der Waals surface area contributed by atoms with E-state index in [1.807, 2.05) is 14.1 Å². The molecule has 0 N–H and O–H groups in total. The lowest BCUT2D eigenvalue weighted by Crippen LogP contribution is -2.39. The molecule has 164 valence electrons. The predicted octanol–water partition coefficient (Wildman–Crippen LogP) is 2.65. The van der Waals surface area contributed by atoms with E-state index in [1.54, 1.807) is 40.9 Å². The van der Waals surface area contributed by atoms with Gasteiger partial charge in [0.2, 0.25) is 5.95 Å². The molecule has 0 radical (unpaired) electrons. The molecule has 1 aliphatic rings. The molecule has 1 unspecified atom stereocenters. The number of imidazole rings is 1. The fourth-order valence-corrected chi connectivity index (χ4v) is 5.33. The van der Waals surface area contributed by atoms with Crippen molar-refractivity contribution < 1.29 is 12.8 Å². The van der Waals surface area contributed by atoms with Gasteiger partial charge in [-0.05, 0) is 18.9 Å². The van der Waals surface area contributed by atoms with Gasteiger partial charge in [-0.2, -0.15) is 4.31 Å². The van der Waals surface area contributed by atoms with Crippen LogP contribution in [-0.2, 0) is 17.1 Å². The third-order valence-corrected chi connectivity index (χ3v) is 7.18. The standard InChI is InChI=1S/C21H25FN6O2S/c1-26(2)21-23-11-17(16-8-4-5-9-18(16)22)20(25-21)15-7-6-10-28(12-15)31(29,30)19-13-27(3)14-24-19/h4-5,8-9,11,13-15H,6-7,10,12H2,1-3H3. The maximum absolute atomic E-state index is 14.6. The highest BCUT2D eigenvalue weighted by molar-refractivity contribution is 7.89. The van der Waals surface area contributed by atoms with Gasteiger partial charge in [0.1, 0.15) is 5.82 Å². The number of benzene rings is 1. The van der Waals surface area contributed by atoms with Gasteiger partial charge in [0.25, 0.3) is 10.0 Å². The SMILES string of the molecule is CN(C)c1ncc(-c2ccccc2F)c(C2CCCN(S(=O)(=O)c3cn(C)cn3)C2)n1. The van der Waals surface area contributed by atoms with Gasteiger partial charge in [0, 0.05) is 63.7 Å². The molecular formula is C21H25FN6O2S. The van der Waals surface area contributed by atoms with E-state index in [1.165, 1.54) is 22.9 Å². The number of hydrogen-bond donors (Lipinski definition) is 0. The topological polar surface area (TPSA) is 84.2 Å². The van der Waals surface area contributed by atoms with Crippen molar-refractivity contribution in [3.63, 3.8) is 0 Å². The second kappa shape index (κ2) is 8.35. The van der Waals surface area contributed by atoms with Gasteiger partial charge in [-0.25, -0.2) is 27.8 Å². The van der Waals surface area contributed by atoms with Gasteiger partial charge in [0.05, 0.1) is 12.0 Å². The highest BCUT2D eigenvalue weighted by Crippen LogP contribution is 2.36. The van der Waals surface area contributed by atoms with E-state index >= 15 is 0 Å². The van der Waals surface area contributed by atoms with Crippen molar-refractivity contribution in [2.45, 2.75) is 23.8 Å². The van der Waals surface area contributed by atoms with Crippen LogP contribution in [0.15, 0.2) is 48.0 Å². The molecule has 8 nitrogen and oxygen atoms in total. The summed E-state index contributed by atoms with van der Waals surface area (Å²) in [5.74, 6) is -0.0536. The number of halogens is 1. The van der Waals surface area contributed by atoms with E-state index in [0.717, 1.165) is 6.42 Å². The molecular weight excluding hydrogens is 419 g/mol. The first-order valence-corrected chi connectivity index (χ1v) is 11.5. The van der Waals surface area contributed by atoms with Crippen molar-refractivity contribution in [2.75, 3.05) is 32.1 Å². The largest absolute Gasteiger partial charge is 0.347 e. The molecule has 3 heterocycles. The van der Waals surface area contributed by atoms with Gasteiger partial charge in [-0.15, -0.1) is 0 Å². The van der Waals surface area contributed by atoms with Crippen molar-refractivity contribution in [3.05, 3.63) is 54.5 Å². The first-order valence-electron chi connectivity index (χ1n) is 10.0. The molecule has 1 saturated heterocycles. The third kappa shape index (κ3) is 4.17. The molecule has 1 atom stereocenters. The van der Waals surface area contributed by atoms with Crippen molar-refractivity contribution in [1.82, 2.24) is 23.8 Å².